The molecule has 9 heteroatoms. The molecule has 0 radical (unpaired) electrons. The van der Waals surface area contributed by atoms with E-state index >= 15 is 0 Å². The lowest BCUT2D eigenvalue weighted by atomic mass is 9.89. The highest BCUT2D eigenvalue weighted by Crippen LogP contribution is 2.44. The molecule has 0 bridgehead atoms. The number of benzene rings is 3. The Balaban J connectivity index is 1.52. The quantitative estimate of drug-likeness (QED) is 0.196. The lowest BCUT2D eigenvalue weighted by molar-refractivity contribution is 0.262. The van der Waals surface area contributed by atoms with Gasteiger partial charge in [0.2, 0.25) is 0 Å². The number of nitrogens with one attached hydrogen (secondary N) is 3. The van der Waals surface area contributed by atoms with Crippen LogP contribution in [0.5, 0.6) is 0 Å². The summed E-state index contributed by atoms with van der Waals surface area (Å²) >= 11 is 0. The summed E-state index contributed by atoms with van der Waals surface area (Å²) in [5.74, 6) is 0.409. The standard InChI is InChI=1S/C36H45N5O3S/c1-23-12-14-28(15-13-23)41-32(22-31(40-41)36(5,6)7)39-35(42)38-30-11-9-8-10-29(30)34(27-16-18-37-19-17-27)45(43,44)33-25(3)20-24(2)21-26(33)4/h8-15,20-22,27,34,37H,16-19H2,1-7H3,(H2,38,39,42). The van der Waals surface area contributed by atoms with E-state index in [2.05, 4.69) is 36.7 Å². The average molecular weight is 628 g/mol. The summed E-state index contributed by atoms with van der Waals surface area (Å²) in [7, 11) is -3.82. The maximum Gasteiger partial charge on any atom is 0.324 e. The van der Waals surface area contributed by atoms with E-state index in [1.807, 2.05) is 88.4 Å². The highest BCUT2D eigenvalue weighted by atomic mass is 32.2. The predicted octanol–water partition coefficient (Wildman–Crippen LogP) is 7.56. The summed E-state index contributed by atoms with van der Waals surface area (Å²) in [5, 5.41) is 13.4. The Morgan fingerprint density at radius 3 is 2.13 bits per heavy atom. The molecule has 1 saturated heterocycles. The largest absolute Gasteiger partial charge is 0.324 e. The van der Waals surface area contributed by atoms with Crippen molar-refractivity contribution in [3.8, 4) is 5.69 Å². The van der Waals surface area contributed by atoms with Gasteiger partial charge in [-0.15, -0.1) is 0 Å². The van der Waals surface area contributed by atoms with Crippen molar-refractivity contribution >= 4 is 27.4 Å². The van der Waals surface area contributed by atoms with Crippen LogP contribution in [0, 0.1) is 33.6 Å². The second kappa shape index (κ2) is 12.8. The van der Waals surface area contributed by atoms with Crippen LogP contribution in [-0.4, -0.2) is 37.3 Å². The van der Waals surface area contributed by atoms with Gasteiger partial charge in [0, 0.05) is 17.2 Å². The minimum atomic E-state index is -3.82. The summed E-state index contributed by atoms with van der Waals surface area (Å²) in [5.41, 5.74) is 6.14. The van der Waals surface area contributed by atoms with Gasteiger partial charge in [0.25, 0.3) is 0 Å². The molecule has 45 heavy (non-hydrogen) atoms. The first-order valence-electron chi connectivity index (χ1n) is 15.6. The Bertz CT molecular complexity index is 1770. The number of piperidine rings is 1. The zero-order valence-corrected chi connectivity index (χ0v) is 28.2. The van der Waals surface area contributed by atoms with Gasteiger partial charge in [0.1, 0.15) is 5.82 Å². The molecule has 4 aromatic rings. The molecule has 5 rings (SSSR count). The molecule has 1 aliphatic heterocycles. The Kier molecular flexibility index (Phi) is 9.23. The van der Waals surface area contributed by atoms with E-state index in [-0.39, 0.29) is 11.3 Å². The van der Waals surface area contributed by atoms with Crippen LogP contribution in [0.25, 0.3) is 5.69 Å². The molecule has 0 aliphatic carbocycles. The monoisotopic (exact) mass is 627 g/mol. The number of sulfone groups is 1. The van der Waals surface area contributed by atoms with Crippen molar-refractivity contribution in [2.75, 3.05) is 23.7 Å². The van der Waals surface area contributed by atoms with E-state index in [0.717, 1.165) is 59.6 Å². The number of urea groups is 1. The van der Waals surface area contributed by atoms with Crippen LogP contribution in [0.4, 0.5) is 16.3 Å². The molecule has 0 spiro atoms. The first kappa shape index (κ1) is 32.4. The van der Waals surface area contributed by atoms with Gasteiger partial charge in [-0.25, -0.2) is 17.9 Å². The van der Waals surface area contributed by atoms with Crippen LogP contribution in [0.2, 0.25) is 0 Å². The average Bonchev–Trinajstić information content (AvgIpc) is 3.38. The summed E-state index contributed by atoms with van der Waals surface area (Å²) < 4.78 is 31.1. The highest BCUT2D eigenvalue weighted by Gasteiger charge is 2.39. The fourth-order valence-corrected chi connectivity index (χ4v) is 9.00. The molecule has 1 atom stereocenters. The third kappa shape index (κ3) is 6.99. The minimum absolute atomic E-state index is 0.111. The van der Waals surface area contributed by atoms with Gasteiger partial charge in [-0.3, -0.25) is 5.32 Å². The van der Waals surface area contributed by atoms with Gasteiger partial charge in [0.15, 0.2) is 9.84 Å². The molecule has 1 fully saturated rings. The van der Waals surface area contributed by atoms with Crippen LogP contribution >= 0.6 is 0 Å². The highest BCUT2D eigenvalue weighted by molar-refractivity contribution is 7.91. The smallest absolute Gasteiger partial charge is 0.317 e. The van der Waals surface area contributed by atoms with Crippen molar-refractivity contribution in [3.63, 3.8) is 0 Å². The topological polar surface area (TPSA) is 105 Å². The van der Waals surface area contributed by atoms with E-state index in [4.69, 9.17) is 5.10 Å². The number of carbonyl (C=O) groups excluding carboxylic acids is 1. The molecule has 238 valence electrons. The number of para-hydroxylation sites is 1. The second-order valence-corrected chi connectivity index (χ2v) is 15.4. The van der Waals surface area contributed by atoms with Crippen LogP contribution in [0.1, 0.15) is 72.4 Å². The van der Waals surface area contributed by atoms with E-state index in [1.54, 1.807) is 10.7 Å². The van der Waals surface area contributed by atoms with Crippen LogP contribution in [-0.2, 0) is 15.3 Å². The van der Waals surface area contributed by atoms with Gasteiger partial charge in [-0.2, -0.15) is 5.10 Å². The fraction of sp³-hybridized carbons (Fsp3) is 0.389. The zero-order valence-electron chi connectivity index (χ0n) is 27.4. The van der Waals surface area contributed by atoms with E-state index in [1.165, 1.54) is 0 Å². The van der Waals surface area contributed by atoms with Gasteiger partial charge in [-0.05, 0) is 94.4 Å². The first-order chi connectivity index (χ1) is 21.3. The van der Waals surface area contributed by atoms with Crippen molar-refractivity contribution in [2.24, 2.45) is 5.92 Å². The SMILES string of the molecule is Cc1ccc(-n2nc(C(C)(C)C)cc2NC(=O)Nc2ccccc2C(C2CCNCC2)S(=O)(=O)c2c(C)cc(C)cc2C)cc1. The Labute approximate surface area is 267 Å². The second-order valence-electron chi connectivity index (χ2n) is 13.4. The van der Waals surface area contributed by atoms with Crippen molar-refractivity contribution in [1.82, 2.24) is 15.1 Å². The van der Waals surface area contributed by atoms with Gasteiger partial charge in [-0.1, -0.05) is 74.4 Å². The summed E-state index contributed by atoms with van der Waals surface area (Å²) in [4.78, 5) is 14.1. The number of carbonyl (C=O) groups is 1. The number of nitrogens with zero attached hydrogens (tertiary/aromatic N) is 2. The molecule has 1 aromatic heterocycles. The fourth-order valence-electron chi connectivity index (χ4n) is 6.41. The predicted molar refractivity (Wildman–Crippen MR) is 182 cm³/mol. The molecule has 8 nitrogen and oxygen atoms in total. The Hall–Kier alpha value is -3.95. The molecule has 1 unspecified atom stereocenters. The molecule has 0 saturated carbocycles. The molecule has 2 heterocycles. The minimum Gasteiger partial charge on any atom is -0.317 e. The van der Waals surface area contributed by atoms with E-state index in [9.17, 15) is 13.2 Å². The molecular formula is C36H45N5O3S. The van der Waals surface area contributed by atoms with Gasteiger partial charge in [0.05, 0.1) is 21.5 Å². The number of amides is 2. The number of rotatable bonds is 7. The lowest BCUT2D eigenvalue weighted by Gasteiger charge is -2.32. The number of aromatic nitrogens is 2. The molecule has 3 N–H and O–H groups in total. The van der Waals surface area contributed by atoms with Crippen molar-refractivity contribution < 1.29 is 13.2 Å². The van der Waals surface area contributed by atoms with Crippen LogP contribution in [0.15, 0.2) is 71.6 Å². The molecule has 3 aromatic carbocycles. The maximum absolute atomic E-state index is 14.7. The van der Waals surface area contributed by atoms with Gasteiger partial charge >= 0.3 is 6.03 Å². The third-order valence-electron chi connectivity index (χ3n) is 8.55. The third-order valence-corrected chi connectivity index (χ3v) is 11.1. The Morgan fingerprint density at radius 2 is 1.51 bits per heavy atom. The summed E-state index contributed by atoms with van der Waals surface area (Å²) in [6, 6.07) is 20.5. The molecule has 1 aliphatic rings. The van der Waals surface area contributed by atoms with Crippen molar-refractivity contribution in [2.45, 2.75) is 76.9 Å². The first-order valence-corrected chi connectivity index (χ1v) is 17.2. The number of anilines is 2. The van der Waals surface area contributed by atoms with Gasteiger partial charge < -0.3 is 10.6 Å². The molecular weight excluding hydrogens is 582 g/mol. The van der Waals surface area contributed by atoms with Crippen LogP contribution in [0.3, 0.4) is 0 Å². The Morgan fingerprint density at radius 1 is 0.889 bits per heavy atom. The van der Waals surface area contributed by atoms with E-state index in [0.29, 0.717) is 22.0 Å². The van der Waals surface area contributed by atoms with E-state index < -0.39 is 21.1 Å². The number of hydrogen-bond donors (Lipinski definition) is 3. The maximum atomic E-state index is 14.7. The number of hydrogen-bond acceptors (Lipinski definition) is 5. The van der Waals surface area contributed by atoms with Crippen LogP contribution < -0.4 is 16.0 Å². The van der Waals surface area contributed by atoms with Crippen molar-refractivity contribution in [3.05, 3.63) is 100 Å². The number of aryl methyl sites for hydroxylation is 4. The summed E-state index contributed by atoms with van der Waals surface area (Å²) in [6.45, 7) is 15.5. The lowest BCUT2D eigenvalue weighted by Crippen LogP contribution is -2.34. The normalized spacial score (nSPS) is 15.1. The summed E-state index contributed by atoms with van der Waals surface area (Å²) in [6.07, 6.45) is 1.44. The van der Waals surface area contributed by atoms with Crippen molar-refractivity contribution in [1.29, 1.82) is 0 Å². The molecule has 2 amide bonds. The zero-order chi connectivity index (χ0) is 32.5.